The average molecular weight is 213 g/mol. The van der Waals surface area contributed by atoms with Crippen molar-refractivity contribution in [2.24, 2.45) is 0 Å². The van der Waals surface area contributed by atoms with Crippen LogP contribution in [-0.4, -0.2) is 23.3 Å². The third kappa shape index (κ3) is 3.34. The molecule has 0 saturated heterocycles. The van der Waals surface area contributed by atoms with E-state index in [0.29, 0.717) is 6.54 Å². The molecule has 0 unspecified atom stereocenters. The molecule has 1 amide bonds. The number of aryl methyl sites for hydroxylation is 1. The number of aromatic nitrogens is 1. The van der Waals surface area contributed by atoms with Crippen molar-refractivity contribution in [1.82, 2.24) is 10.3 Å². The number of carbonyl (C=O) groups is 1. The quantitative estimate of drug-likeness (QED) is 0.765. The lowest BCUT2D eigenvalue weighted by atomic mass is 10.2. The van der Waals surface area contributed by atoms with Crippen LogP contribution < -0.4 is 5.32 Å². The number of halogens is 1. The molecule has 0 saturated carbocycles. The smallest absolute Gasteiger partial charge is 0.234 e. The van der Waals surface area contributed by atoms with Crippen LogP contribution in [0.1, 0.15) is 11.3 Å². The second kappa shape index (κ2) is 5.60. The summed E-state index contributed by atoms with van der Waals surface area (Å²) in [6, 6.07) is 3.90. The fourth-order valence-corrected chi connectivity index (χ4v) is 1.24. The van der Waals surface area contributed by atoms with E-state index in [-0.39, 0.29) is 11.8 Å². The van der Waals surface area contributed by atoms with Crippen molar-refractivity contribution < 1.29 is 4.79 Å². The van der Waals surface area contributed by atoms with E-state index in [1.165, 1.54) is 0 Å². The normalized spacial score (nSPS) is 9.86. The summed E-state index contributed by atoms with van der Waals surface area (Å²) < 4.78 is 0. The highest BCUT2D eigenvalue weighted by Gasteiger charge is 2.00. The summed E-state index contributed by atoms with van der Waals surface area (Å²) in [5, 5.41) is 2.70. The minimum atomic E-state index is -0.139. The van der Waals surface area contributed by atoms with Gasteiger partial charge in [0, 0.05) is 24.9 Å². The average Bonchev–Trinajstić information content (AvgIpc) is 2.20. The molecule has 1 rings (SSSR count). The predicted octanol–water partition coefficient (Wildman–Crippen LogP) is 1.29. The molecule has 1 aromatic rings. The van der Waals surface area contributed by atoms with Gasteiger partial charge in [-0.15, -0.1) is 11.6 Å². The minimum absolute atomic E-state index is 0.0151. The molecule has 0 radical (unpaired) electrons. The highest BCUT2D eigenvalue weighted by Crippen LogP contribution is 2.02. The minimum Gasteiger partial charge on any atom is -0.355 e. The van der Waals surface area contributed by atoms with E-state index >= 15 is 0 Å². The summed E-state index contributed by atoms with van der Waals surface area (Å²) in [5.41, 5.74) is 2.16. The number of carbonyl (C=O) groups excluding carboxylic acids is 1. The molecule has 1 heterocycles. The lowest BCUT2D eigenvalue weighted by molar-refractivity contribution is -0.118. The topological polar surface area (TPSA) is 42.0 Å². The van der Waals surface area contributed by atoms with Crippen LogP contribution >= 0.6 is 11.6 Å². The van der Waals surface area contributed by atoms with Gasteiger partial charge in [-0.25, -0.2) is 0 Å². The van der Waals surface area contributed by atoms with Crippen LogP contribution in [-0.2, 0) is 11.2 Å². The summed E-state index contributed by atoms with van der Waals surface area (Å²) in [7, 11) is 0. The monoisotopic (exact) mass is 212 g/mol. The van der Waals surface area contributed by atoms with Gasteiger partial charge in [0.25, 0.3) is 0 Å². The molecule has 3 nitrogen and oxygen atoms in total. The molecule has 1 N–H and O–H groups in total. The number of hydrogen-bond acceptors (Lipinski definition) is 2. The van der Waals surface area contributed by atoms with Crippen molar-refractivity contribution in [3.05, 3.63) is 29.6 Å². The van der Waals surface area contributed by atoms with Crippen LogP contribution in [0.5, 0.6) is 0 Å². The number of hydrogen-bond donors (Lipinski definition) is 1. The second-order valence-corrected chi connectivity index (χ2v) is 3.27. The number of alkyl halides is 1. The van der Waals surface area contributed by atoms with Crippen molar-refractivity contribution >= 4 is 17.5 Å². The highest BCUT2D eigenvalue weighted by molar-refractivity contribution is 6.27. The maximum absolute atomic E-state index is 10.8. The van der Waals surface area contributed by atoms with Crippen molar-refractivity contribution in [2.75, 3.05) is 12.4 Å². The van der Waals surface area contributed by atoms with Gasteiger partial charge in [0.15, 0.2) is 0 Å². The Morgan fingerprint density at radius 1 is 1.64 bits per heavy atom. The van der Waals surface area contributed by atoms with Gasteiger partial charge in [0.05, 0.1) is 0 Å². The van der Waals surface area contributed by atoms with Crippen LogP contribution in [0.3, 0.4) is 0 Å². The van der Waals surface area contributed by atoms with E-state index in [9.17, 15) is 4.79 Å². The van der Waals surface area contributed by atoms with Crippen molar-refractivity contribution in [1.29, 1.82) is 0 Å². The molecule has 0 aromatic carbocycles. The third-order valence-corrected chi connectivity index (χ3v) is 2.17. The van der Waals surface area contributed by atoms with Gasteiger partial charge in [0.2, 0.25) is 5.91 Å². The summed E-state index contributed by atoms with van der Waals surface area (Å²) in [6.07, 6.45) is 2.50. The van der Waals surface area contributed by atoms with Gasteiger partial charge in [-0.1, -0.05) is 6.07 Å². The molecule has 14 heavy (non-hydrogen) atoms. The predicted molar refractivity (Wildman–Crippen MR) is 56.4 cm³/mol. The Balaban J connectivity index is 2.39. The van der Waals surface area contributed by atoms with E-state index in [4.69, 9.17) is 11.6 Å². The molecular weight excluding hydrogens is 200 g/mol. The lowest BCUT2D eigenvalue weighted by Crippen LogP contribution is -2.26. The molecule has 76 valence electrons. The maximum atomic E-state index is 10.8. The zero-order chi connectivity index (χ0) is 10.4. The third-order valence-electron chi connectivity index (χ3n) is 1.92. The van der Waals surface area contributed by atoms with Gasteiger partial charge < -0.3 is 5.32 Å². The molecule has 0 aliphatic heterocycles. The van der Waals surface area contributed by atoms with Crippen LogP contribution in [0.4, 0.5) is 0 Å². The zero-order valence-electron chi connectivity index (χ0n) is 8.09. The number of nitrogens with zero attached hydrogens (tertiary/aromatic N) is 1. The maximum Gasteiger partial charge on any atom is 0.234 e. The van der Waals surface area contributed by atoms with E-state index < -0.39 is 0 Å². The first kappa shape index (κ1) is 11.0. The van der Waals surface area contributed by atoms with Gasteiger partial charge >= 0.3 is 0 Å². The molecule has 0 aliphatic rings. The first-order chi connectivity index (χ1) is 6.74. The Kier molecular flexibility index (Phi) is 4.40. The second-order valence-electron chi connectivity index (χ2n) is 3.00. The Morgan fingerprint density at radius 3 is 3.07 bits per heavy atom. The van der Waals surface area contributed by atoms with Crippen LogP contribution in [0.15, 0.2) is 18.3 Å². The van der Waals surface area contributed by atoms with Gasteiger partial charge in [0.1, 0.15) is 5.88 Å². The molecule has 0 fully saturated rings. The van der Waals surface area contributed by atoms with E-state index in [1.807, 2.05) is 19.1 Å². The zero-order valence-corrected chi connectivity index (χ0v) is 8.84. The first-order valence-electron chi connectivity index (χ1n) is 4.47. The fourth-order valence-electron chi connectivity index (χ4n) is 1.15. The number of rotatable bonds is 4. The van der Waals surface area contributed by atoms with Crippen LogP contribution in [0.25, 0.3) is 0 Å². The summed E-state index contributed by atoms with van der Waals surface area (Å²) in [5.74, 6) is -0.124. The Morgan fingerprint density at radius 2 is 2.43 bits per heavy atom. The van der Waals surface area contributed by atoms with Crippen molar-refractivity contribution in [3.8, 4) is 0 Å². The first-order valence-corrected chi connectivity index (χ1v) is 5.00. The lowest BCUT2D eigenvalue weighted by Gasteiger charge is -2.04. The molecule has 0 aliphatic carbocycles. The van der Waals surface area contributed by atoms with E-state index in [0.717, 1.165) is 17.7 Å². The number of amides is 1. The SMILES string of the molecule is Cc1cccnc1CCNC(=O)CCl. The summed E-state index contributed by atoms with van der Waals surface area (Å²) >= 11 is 5.34. The summed E-state index contributed by atoms with van der Waals surface area (Å²) in [6.45, 7) is 2.59. The Hall–Kier alpha value is -1.09. The van der Waals surface area contributed by atoms with Gasteiger partial charge in [-0.05, 0) is 18.6 Å². The molecule has 0 bridgehead atoms. The molecule has 4 heteroatoms. The van der Waals surface area contributed by atoms with E-state index in [2.05, 4.69) is 10.3 Å². The van der Waals surface area contributed by atoms with Crippen molar-refractivity contribution in [2.45, 2.75) is 13.3 Å². The van der Waals surface area contributed by atoms with Crippen LogP contribution in [0.2, 0.25) is 0 Å². The molecular formula is C10H13ClN2O. The van der Waals surface area contributed by atoms with Gasteiger partial charge in [-0.2, -0.15) is 0 Å². The largest absolute Gasteiger partial charge is 0.355 e. The molecule has 0 atom stereocenters. The summed E-state index contributed by atoms with van der Waals surface area (Å²) in [4.78, 5) is 15.0. The number of nitrogens with one attached hydrogen (secondary N) is 1. The van der Waals surface area contributed by atoms with E-state index in [1.54, 1.807) is 6.20 Å². The molecule has 1 aromatic heterocycles. The highest BCUT2D eigenvalue weighted by atomic mass is 35.5. The van der Waals surface area contributed by atoms with Crippen molar-refractivity contribution in [3.63, 3.8) is 0 Å². The van der Waals surface area contributed by atoms with Gasteiger partial charge in [-0.3, -0.25) is 9.78 Å². The standard InChI is InChI=1S/C10H13ClN2O/c1-8-3-2-5-12-9(8)4-6-13-10(14)7-11/h2-3,5H,4,6-7H2,1H3,(H,13,14). The Labute approximate surface area is 88.5 Å². The van der Waals surface area contributed by atoms with Crippen LogP contribution in [0, 0.1) is 6.92 Å². The number of pyridine rings is 1. The Bertz CT molecular complexity index is 315. The molecule has 0 spiro atoms. The fraction of sp³-hybridized carbons (Fsp3) is 0.400.